The van der Waals surface area contributed by atoms with E-state index in [0.717, 1.165) is 5.56 Å². The van der Waals surface area contributed by atoms with Crippen LogP contribution in [0.25, 0.3) is 10.9 Å². The van der Waals surface area contributed by atoms with Gasteiger partial charge in [-0.15, -0.1) is 0 Å². The van der Waals surface area contributed by atoms with Crippen molar-refractivity contribution in [1.29, 1.82) is 0 Å². The molecule has 2 aromatic rings. The third-order valence-electron chi connectivity index (χ3n) is 3.15. The second kappa shape index (κ2) is 5.87. The summed E-state index contributed by atoms with van der Waals surface area (Å²) in [6, 6.07) is 6.81. The van der Waals surface area contributed by atoms with Gasteiger partial charge in [0.05, 0.1) is 10.4 Å². The summed E-state index contributed by atoms with van der Waals surface area (Å²) < 4.78 is 27.2. The van der Waals surface area contributed by atoms with Crippen molar-refractivity contribution in [2.75, 3.05) is 13.2 Å². The SMILES string of the molecule is Cc1ccc(S(=O)(=O)NCC(C)CO)c2cccnc12. The second-order valence-electron chi connectivity index (χ2n) is 4.92. The molecule has 5 nitrogen and oxygen atoms in total. The Kier molecular flexibility index (Phi) is 4.37. The van der Waals surface area contributed by atoms with Crippen molar-refractivity contribution in [2.24, 2.45) is 5.92 Å². The lowest BCUT2D eigenvalue weighted by atomic mass is 10.1. The fourth-order valence-corrected chi connectivity index (χ4v) is 3.28. The Morgan fingerprint density at radius 3 is 2.80 bits per heavy atom. The van der Waals surface area contributed by atoms with E-state index < -0.39 is 10.0 Å². The lowest BCUT2D eigenvalue weighted by Crippen LogP contribution is -2.29. The highest BCUT2D eigenvalue weighted by Crippen LogP contribution is 2.24. The Morgan fingerprint density at radius 1 is 1.35 bits per heavy atom. The molecular formula is C14H18N2O3S. The molecule has 20 heavy (non-hydrogen) atoms. The fraction of sp³-hybridized carbons (Fsp3) is 0.357. The summed E-state index contributed by atoms with van der Waals surface area (Å²) in [5, 5.41) is 9.57. The number of rotatable bonds is 5. The number of benzene rings is 1. The molecule has 6 heteroatoms. The van der Waals surface area contributed by atoms with E-state index in [4.69, 9.17) is 5.11 Å². The van der Waals surface area contributed by atoms with Crippen LogP contribution in [0, 0.1) is 12.8 Å². The summed E-state index contributed by atoms with van der Waals surface area (Å²) in [6.07, 6.45) is 1.65. The molecule has 0 fully saturated rings. The summed E-state index contributed by atoms with van der Waals surface area (Å²) in [6.45, 7) is 3.82. The largest absolute Gasteiger partial charge is 0.396 e. The number of aliphatic hydroxyl groups is 1. The molecule has 2 N–H and O–H groups in total. The number of nitrogens with zero attached hydrogens (tertiary/aromatic N) is 1. The normalized spacial score (nSPS) is 13.6. The number of sulfonamides is 1. The molecule has 0 saturated heterocycles. The maximum Gasteiger partial charge on any atom is 0.241 e. The van der Waals surface area contributed by atoms with Gasteiger partial charge in [-0.05, 0) is 36.6 Å². The number of nitrogens with one attached hydrogen (secondary N) is 1. The predicted octanol–water partition coefficient (Wildman–Crippen LogP) is 1.45. The van der Waals surface area contributed by atoms with Gasteiger partial charge in [-0.2, -0.15) is 0 Å². The van der Waals surface area contributed by atoms with Crippen molar-refractivity contribution in [2.45, 2.75) is 18.7 Å². The van der Waals surface area contributed by atoms with Crippen LogP contribution in [0.1, 0.15) is 12.5 Å². The number of hydrogen-bond acceptors (Lipinski definition) is 4. The number of pyridine rings is 1. The third-order valence-corrected chi connectivity index (χ3v) is 4.64. The molecule has 0 bridgehead atoms. The van der Waals surface area contributed by atoms with E-state index in [-0.39, 0.29) is 24.0 Å². The fourth-order valence-electron chi connectivity index (χ4n) is 1.92. The molecule has 108 valence electrons. The number of aromatic nitrogens is 1. The van der Waals surface area contributed by atoms with Gasteiger partial charge < -0.3 is 5.11 Å². The van der Waals surface area contributed by atoms with Crippen LogP contribution in [0.2, 0.25) is 0 Å². The Balaban J connectivity index is 2.45. The first-order valence-corrected chi connectivity index (χ1v) is 7.89. The molecule has 0 aliphatic carbocycles. The second-order valence-corrected chi connectivity index (χ2v) is 6.66. The van der Waals surface area contributed by atoms with Gasteiger partial charge in [0.2, 0.25) is 10.0 Å². The zero-order valence-corrected chi connectivity index (χ0v) is 12.3. The van der Waals surface area contributed by atoms with Crippen LogP contribution in [0.3, 0.4) is 0 Å². The maximum atomic E-state index is 12.4. The van der Waals surface area contributed by atoms with Crippen LogP contribution in [-0.4, -0.2) is 31.7 Å². The average molecular weight is 294 g/mol. The van der Waals surface area contributed by atoms with Crippen LogP contribution < -0.4 is 4.72 Å². The van der Waals surface area contributed by atoms with Crippen molar-refractivity contribution in [1.82, 2.24) is 9.71 Å². The molecule has 1 aromatic heterocycles. The first-order valence-electron chi connectivity index (χ1n) is 6.40. The molecule has 2 rings (SSSR count). The lowest BCUT2D eigenvalue weighted by Gasteiger charge is -2.12. The summed E-state index contributed by atoms with van der Waals surface area (Å²) in [5.74, 6) is -0.125. The van der Waals surface area contributed by atoms with E-state index in [0.29, 0.717) is 10.9 Å². The van der Waals surface area contributed by atoms with Gasteiger partial charge in [-0.3, -0.25) is 4.98 Å². The zero-order valence-electron chi connectivity index (χ0n) is 11.5. The molecule has 0 spiro atoms. The quantitative estimate of drug-likeness (QED) is 0.875. The van der Waals surface area contributed by atoms with E-state index >= 15 is 0 Å². The number of aliphatic hydroxyl groups excluding tert-OH is 1. The molecule has 0 radical (unpaired) electrons. The Hall–Kier alpha value is -1.50. The molecule has 0 aliphatic heterocycles. The zero-order chi connectivity index (χ0) is 14.8. The predicted molar refractivity (Wildman–Crippen MR) is 77.9 cm³/mol. The monoisotopic (exact) mass is 294 g/mol. The highest BCUT2D eigenvalue weighted by atomic mass is 32.2. The van der Waals surface area contributed by atoms with E-state index in [1.54, 1.807) is 37.4 Å². The molecular weight excluding hydrogens is 276 g/mol. The summed E-state index contributed by atoms with van der Waals surface area (Å²) in [5.41, 5.74) is 1.62. The third kappa shape index (κ3) is 2.98. The topological polar surface area (TPSA) is 79.3 Å². The Bertz CT molecular complexity index is 713. The Labute approximate surface area is 118 Å². The minimum atomic E-state index is -3.61. The summed E-state index contributed by atoms with van der Waals surface area (Å²) in [4.78, 5) is 4.45. The first-order chi connectivity index (χ1) is 9.45. The molecule has 0 saturated carbocycles. The van der Waals surface area contributed by atoms with Gasteiger partial charge in [0, 0.05) is 24.7 Å². The summed E-state index contributed by atoms with van der Waals surface area (Å²) in [7, 11) is -3.61. The molecule has 1 heterocycles. The van der Waals surface area contributed by atoms with Crippen LogP contribution in [0.4, 0.5) is 0 Å². The van der Waals surface area contributed by atoms with E-state index in [2.05, 4.69) is 9.71 Å². The Morgan fingerprint density at radius 2 is 2.10 bits per heavy atom. The lowest BCUT2D eigenvalue weighted by molar-refractivity contribution is 0.238. The van der Waals surface area contributed by atoms with Crippen molar-refractivity contribution < 1.29 is 13.5 Å². The van der Waals surface area contributed by atoms with Crippen LogP contribution in [0.5, 0.6) is 0 Å². The van der Waals surface area contributed by atoms with Gasteiger partial charge >= 0.3 is 0 Å². The highest BCUT2D eigenvalue weighted by molar-refractivity contribution is 7.89. The van der Waals surface area contributed by atoms with E-state index in [1.165, 1.54) is 0 Å². The maximum absolute atomic E-state index is 12.4. The van der Waals surface area contributed by atoms with Gasteiger partial charge in [0.1, 0.15) is 0 Å². The van der Waals surface area contributed by atoms with Gasteiger partial charge in [0.15, 0.2) is 0 Å². The van der Waals surface area contributed by atoms with Crippen LogP contribution >= 0.6 is 0 Å². The smallest absolute Gasteiger partial charge is 0.241 e. The standard InChI is InChI=1S/C14H18N2O3S/c1-10(9-17)8-16-20(18,19)13-6-5-11(2)14-12(13)4-3-7-15-14/h3-7,10,16-17H,8-9H2,1-2H3. The van der Waals surface area contributed by atoms with Gasteiger partial charge in [0.25, 0.3) is 0 Å². The van der Waals surface area contributed by atoms with Gasteiger partial charge in [-0.25, -0.2) is 13.1 Å². The molecule has 1 aromatic carbocycles. The van der Waals surface area contributed by atoms with Crippen molar-refractivity contribution in [3.63, 3.8) is 0 Å². The van der Waals surface area contributed by atoms with Crippen LogP contribution in [-0.2, 0) is 10.0 Å². The molecule has 1 unspecified atom stereocenters. The minimum absolute atomic E-state index is 0.0568. The van der Waals surface area contributed by atoms with Crippen molar-refractivity contribution >= 4 is 20.9 Å². The molecule has 0 amide bonds. The van der Waals surface area contributed by atoms with Crippen LogP contribution in [0.15, 0.2) is 35.4 Å². The van der Waals surface area contributed by atoms with E-state index in [9.17, 15) is 8.42 Å². The van der Waals surface area contributed by atoms with Crippen molar-refractivity contribution in [3.8, 4) is 0 Å². The molecule has 1 atom stereocenters. The number of fused-ring (bicyclic) bond motifs is 1. The first kappa shape index (κ1) is 14.9. The molecule has 0 aliphatic rings. The number of hydrogen-bond donors (Lipinski definition) is 2. The average Bonchev–Trinajstić information content (AvgIpc) is 2.45. The van der Waals surface area contributed by atoms with E-state index in [1.807, 2.05) is 6.92 Å². The number of aryl methyl sites for hydroxylation is 1. The highest BCUT2D eigenvalue weighted by Gasteiger charge is 2.18. The summed E-state index contributed by atoms with van der Waals surface area (Å²) >= 11 is 0. The minimum Gasteiger partial charge on any atom is -0.396 e. The van der Waals surface area contributed by atoms with Gasteiger partial charge in [-0.1, -0.05) is 13.0 Å². The van der Waals surface area contributed by atoms with Crippen molar-refractivity contribution in [3.05, 3.63) is 36.0 Å².